The Balaban J connectivity index is 1.96. The molecule has 1 aromatic carbocycles. The highest BCUT2D eigenvalue weighted by Gasteiger charge is 2.11. The van der Waals surface area contributed by atoms with Crippen LogP contribution in [0.1, 0.15) is 33.1 Å². The molecule has 22 heavy (non-hydrogen) atoms. The van der Waals surface area contributed by atoms with Crippen molar-refractivity contribution in [3.05, 3.63) is 24.5 Å². The zero-order chi connectivity index (χ0) is 15.4. The van der Waals surface area contributed by atoms with Crippen LogP contribution in [-0.2, 0) is 0 Å². The van der Waals surface area contributed by atoms with E-state index in [-0.39, 0.29) is 0 Å². The van der Waals surface area contributed by atoms with Crippen LogP contribution in [0.15, 0.2) is 24.5 Å². The van der Waals surface area contributed by atoms with Crippen molar-refractivity contribution in [2.45, 2.75) is 33.1 Å². The zero-order valence-electron chi connectivity index (χ0n) is 13.1. The van der Waals surface area contributed by atoms with Crippen molar-refractivity contribution in [1.82, 2.24) is 15.0 Å². The van der Waals surface area contributed by atoms with E-state index in [4.69, 9.17) is 4.74 Å². The average molecular weight is 298 g/mol. The first kappa shape index (κ1) is 14.6. The zero-order valence-corrected chi connectivity index (χ0v) is 13.1. The van der Waals surface area contributed by atoms with Crippen LogP contribution in [0.2, 0.25) is 0 Å². The fraction of sp³-hybridized carbons (Fsp3) is 0.412. The summed E-state index contributed by atoms with van der Waals surface area (Å²) in [6, 6.07) is 6.04. The van der Waals surface area contributed by atoms with Gasteiger partial charge in [-0.15, -0.1) is 0 Å². The maximum atomic E-state index is 5.58. The van der Waals surface area contributed by atoms with Crippen molar-refractivity contribution >= 4 is 27.8 Å². The predicted molar refractivity (Wildman–Crippen MR) is 90.6 cm³/mol. The molecule has 0 aliphatic heterocycles. The highest BCUT2D eigenvalue weighted by molar-refractivity contribution is 6.08. The molecule has 5 heteroatoms. The molecule has 2 aromatic heterocycles. The number of aromatic nitrogens is 3. The van der Waals surface area contributed by atoms with Gasteiger partial charge >= 0.3 is 0 Å². The number of hydrogen-bond donors (Lipinski definition) is 2. The Morgan fingerprint density at radius 2 is 2.09 bits per heavy atom. The van der Waals surface area contributed by atoms with Gasteiger partial charge in [0.1, 0.15) is 23.1 Å². The van der Waals surface area contributed by atoms with Crippen LogP contribution in [0.5, 0.6) is 5.75 Å². The lowest BCUT2D eigenvalue weighted by Crippen LogP contribution is -2.04. The Hall–Kier alpha value is -2.30. The topological polar surface area (TPSA) is 62.8 Å². The van der Waals surface area contributed by atoms with Gasteiger partial charge in [-0.2, -0.15) is 0 Å². The summed E-state index contributed by atoms with van der Waals surface area (Å²) in [4.78, 5) is 12.2. The Bertz CT molecular complexity index is 766. The summed E-state index contributed by atoms with van der Waals surface area (Å²) in [7, 11) is 0. The molecule has 116 valence electrons. The van der Waals surface area contributed by atoms with Crippen LogP contribution in [0.3, 0.4) is 0 Å². The van der Waals surface area contributed by atoms with Crippen LogP contribution in [0.4, 0.5) is 5.82 Å². The normalized spacial score (nSPS) is 11.2. The third-order valence-corrected chi connectivity index (χ3v) is 3.74. The lowest BCUT2D eigenvalue weighted by molar-refractivity contribution is 0.341. The van der Waals surface area contributed by atoms with Gasteiger partial charge in [-0.05, 0) is 31.5 Å². The maximum absolute atomic E-state index is 5.58. The van der Waals surface area contributed by atoms with E-state index in [9.17, 15) is 0 Å². The molecule has 0 amide bonds. The van der Waals surface area contributed by atoms with Gasteiger partial charge in [0.05, 0.1) is 6.61 Å². The van der Waals surface area contributed by atoms with Gasteiger partial charge in [0.15, 0.2) is 5.82 Å². The molecule has 0 unspecified atom stereocenters. The van der Waals surface area contributed by atoms with Gasteiger partial charge < -0.3 is 15.0 Å². The minimum absolute atomic E-state index is 0.660. The molecule has 0 bridgehead atoms. The number of ether oxygens (including phenoxy) is 1. The maximum Gasteiger partial charge on any atom is 0.153 e. The predicted octanol–water partition coefficient (Wildman–Crippen LogP) is 4.11. The van der Waals surface area contributed by atoms with Crippen LogP contribution in [0, 0.1) is 0 Å². The van der Waals surface area contributed by atoms with Crippen molar-refractivity contribution in [1.29, 1.82) is 0 Å². The first-order valence-electron chi connectivity index (χ1n) is 7.96. The largest absolute Gasteiger partial charge is 0.494 e. The molecular weight excluding hydrogens is 276 g/mol. The van der Waals surface area contributed by atoms with E-state index in [0.717, 1.165) is 46.5 Å². The summed E-state index contributed by atoms with van der Waals surface area (Å²) in [5, 5.41) is 4.48. The summed E-state index contributed by atoms with van der Waals surface area (Å²) in [6.07, 6.45) is 5.21. The lowest BCUT2D eigenvalue weighted by Gasteiger charge is -2.05. The van der Waals surface area contributed by atoms with Crippen LogP contribution in [-0.4, -0.2) is 28.1 Å². The minimum atomic E-state index is 0.660. The molecular formula is C17H22N4O. The smallest absolute Gasteiger partial charge is 0.153 e. The second-order valence-corrected chi connectivity index (χ2v) is 5.35. The molecule has 0 aliphatic rings. The number of nitrogens with one attached hydrogen (secondary N) is 2. The molecule has 0 aliphatic carbocycles. The number of rotatable bonds is 7. The highest BCUT2D eigenvalue weighted by Crippen LogP contribution is 2.30. The number of nitrogens with zero attached hydrogens (tertiary/aromatic N) is 2. The molecule has 2 heterocycles. The summed E-state index contributed by atoms with van der Waals surface area (Å²) in [5.41, 5.74) is 2.95. The quantitative estimate of drug-likeness (QED) is 0.644. The monoisotopic (exact) mass is 298 g/mol. The summed E-state index contributed by atoms with van der Waals surface area (Å²) in [6.45, 7) is 5.78. The minimum Gasteiger partial charge on any atom is -0.494 e. The van der Waals surface area contributed by atoms with E-state index in [2.05, 4.69) is 27.2 Å². The van der Waals surface area contributed by atoms with Crippen LogP contribution >= 0.6 is 0 Å². The van der Waals surface area contributed by atoms with Crippen LogP contribution < -0.4 is 10.1 Å². The number of H-pyrrole nitrogens is 1. The van der Waals surface area contributed by atoms with Gasteiger partial charge in [0.25, 0.3) is 0 Å². The Morgan fingerprint density at radius 1 is 1.18 bits per heavy atom. The van der Waals surface area contributed by atoms with Crippen molar-refractivity contribution < 1.29 is 4.74 Å². The van der Waals surface area contributed by atoms with E-state index in [1.54, 1.807) is 6.33 Å². The third-order valence-electron chi connectivity index (χ3n) is 3.74. The van der Waals surface area contributed by atoms with Crippen molar-refractivity contribution in [3.63, 3.8) is 0 Å². The fourth-order valence-electron chi connectivity index (χ4n) is 2.64. The molecule has 0 atom stereocenters. The van der Waals surface area contributed by atoms with Gasteiger partial charge in [-0.3, -0.25) is 0 Å². The SMILES string of the molecule is CCCCCNc1ncnc2c1[nH]c1ccc(OCC)cc12. The summed E-state index contributed by atoms with van der Waals surface area (Å²) in [5.74, 6) is 1.74. The fourth-order valence-corrected chi connectivity index (χ4v) is 2.64. The number of unbranched alkanes of at least 4 members (excludes halogenated alkanes) is 2. The first-order valence-corrected chi connectivity index (χ1v) is 7.96. The third kappa shape index (κ3) is 2.84. The van der Waals surface area contributed by atoms with Crippen molar-refractivity contribution in [2.75, 3.05) is 18.5 Å². The number of anilines is 1. The van der Waals surface area contributed by atoms with E-state index < -0.39 is 0 Å². The molecule has 0 fully saturated rings. The first-order chi connectivity index (χ1) is 10.8. The molecule has 0 saturated heterocycles. The molecule has 0 saturated carbocycles. The number of benzene rings is 1. The standard InChI is InChI=1S/C17H22N4O/c1-3-5-6-9-18-17-16-15(19-11-20-17)13-10-12(22-4-2)7-8-14(13)21-16/h7-8,10-11,21H,3-6,9H2,1-2H3,(H,18,19,20). The number of fused-ring (bicyclic) bond motifs is 3. The molecule has 5 nitrogen and oxygen atoms in total. The highest BCUT2D eigenvalue weighted by atomic mass is 16.5. The Morgan fingerprint density at radius 3 is 2.91 bits per heavy atom. The van der Waals surface area contributed by atoms with E-state index in [0.29, 0.717) is 6.61 Å². The second-order valence-electron chi connectivity index (χ2n) is 5.35. The summed E-state index contributed by atoms with van der Waals surface area (Å²) >= 11 is 0. The average Bonchev–Trinajstić information content (AvgIpc) is 2.91. The van der Waals surface area contributed by atoms with Crippen LogP contribution in [0.25, 0.3) is 21.9 Å². The molecule has 0 radical (unpaired) electrons. The summed E-state index contributed by atoms with van der Waals surface area (Å²) < 4.78 is 5.58. The number of aromatic amines is 1. The van der Waals surface area contributed by atoms with Gasteiger partial charge in [0.2, 0.25) is 0 Å². The van der Waals surface area contributed by atoms with E-state index in [1.807, 2.05) is 25.1 Å². The lowest BCUT2D eigenvalue weighted by atomic mass is 10.2. The Kier molecular flexibility index (Phi) is 4.42. The molecule has 3 rings (SSSR count). The Labute approximate surface area is 130 Å². The molecule has 2 N–H and O–H groups in total. The van der Waals surface area contributed by atoms with Crippen molar-refractivity contribution in [2.24, 2.45) is 0 Å². The van der Waals surface area contributed by atoms with Gasteiger partial charge in [-0.1, -0.05) is 19.8 Å². The second kappa shape index (κ2) is 6.64. The van der Waals surface area contributed by atoms with Gasteiger partial charge in [0, 0.05) is 17.4 Å². The van der Waals surface area contributed by atoms with Crippen molar-refractivity contribution in [3.8, 4) is 5.75 Å². The van der Waals surface area contributed by atoms with E-state index in [1.165, 1.54) is 12.8 Å². The van der Waals surface area contributed by atoms with E-state index >= 15 is 0 Å². The van der Waals surface area contributed by atoms with Gasteiger partial charge in [-0.25, -0.2) is 9.97 Å². The molecule has 3 aromatic rings. The number of hydrogen-bond acceptors (Lipinski definition) is 4. The molecule has 0 spiro atoms.